The molecule has 1 fully saturated rings. The fraction of sp³-hybridized carbons (Fsp3) is 0.500. The van der Waals surface area contributed by atoms with E-state index in [4.69, 9.17) is 4.99 Å². The zero-order chi connectivity index (χ0) is 10.3. The Morgan fingerprint density at radius 1 is 1.27 bits per heavy atom. The van der Waals surface area contributed by atoms with Crippen LogP contribution >= 0.6 is 0 Å². The minimum absolute atomic E-state index is 0.187. The first kappa shape index (κ1) is 9.14. The SMILES string of the molecule is CC12CCCCC1c1ccccc1C=N2. The number of rotatable bonds is 0. The van der Waals surface area contributed by atoms with Crippen molar-refractivity contribution in [3.05, 3.63) is 35.4 Å². The predicted octanol–water partition coefficient (Wildman–Crippen LogP) is 3.54. The van der Waals surface area contributed by atoms with Crippen molar-refractivity contribution in [2.24, 2.45) is 4.99 Å². The summed E-state index contributed by atoms with van der Waals surface area (Å²) in [7, 11) is 0. The lowest BCUT2D eigenvalue weighted by Crippen LogP contribution is -2.37. The lowest BCUT2D eigenvalue weighted by molar-refractivity contribution is 0.274. The van der Waals surface area contributed by atoms with Gasteiger partial charge in [0.2, 0.25) is 0 Å². The van der Waals surface area contributed by atoms with Crippen molar-refractivity contribution in [2.75, 3.05) is 0 Å². The molecule has 0 spiro atoms. The summed E-state index contributed by atoms with van der Waals surface area (Å²) in [5, 5.41) is 0. The smallest absolute Gasteiger partial charge is 0.0648 e. The molecule has 1 aliphatic carbocycles. The molecule has 0 radical (unpaired) electrons. The summed E-state index contributed by atoms with van der Waals surface area (Å²) in [5.74, 6) is 0.660. The Morgan fingerprint density at radius 2 is 2.13 bits per heavy atom. The summed E-state index contributed by atoms with van der Waals surface area (Å²) in [6, 6.07) is 8.74. The zero-order valence-corrected chi connectivity index (χ0v) is 9.24. The molecule has 0 saturated heterocycles. The molecule has 1 heteroatoms. The normalized spacial score (nSPS) is 33.3. The van der Waals surface area contributed by atoms with Gasteiger partial charge in [0.1, 0.15) is 0 Å². The number of benzene rings is 1. The number of nitrogens with zero attached hydrogens (tertiary/aromatic N) is 1. The van der Waals surface area contributed by atoms with Gasteiger partial charge >= 0.3 is 0 Å². The highest BCUT2D eigenvalue weighted by molar-refractivity contribution is 5.84. The number of fused-ring (bicyclic) bond motifs is 3. The third kappa shape index (κ3) is 1.33. The second kappa shape index (κ2) is 3.19. The van der Waals surface area contributed by atoms with E-state index in [1.165, 1.54) is 36.8 Å². The minimum Gasteiger partial charge on any atom is -0.286 e. The second-order valence-corrected chi connectivity index (χ2v) is 5.04. The van der Waals surface area contributed by atoms with Crippen LogP contribution < -0.4 is 0 Å². The van der Waals surface area contributed by atoms with E-state index in [0.29, 0.717) is 5.92 Å². The molecule has 2 aliphatic rings. The van der Waals surface area contributed by atoms with E-state index in [9.17, 15) is 0 Å². The van der Waals surface area contributed by atoms with E-state index >= 15 is 0 Å². The van der Waals surface area contributed by atoms with E-state index in [1.54, 1.807) is 0 Å². The van der Waals surface area contributed by atoms with Crippen LogP contribution in [0.3, 0.4) is 0 Å². The molecule has 1 aliphatic heterocycles. The van der Waals surface area contributed by atoms with Crippen molar-refractivity contribution in [1.82, 2.24) is 0 Å². The zero-order valence-electron chi connectivity index (χ0n) is 9.24. The van der Waals surface area contributed by atoms with Crippen LogP contribution in [0.2, 0.25) is 0 Å². The molecule has 0 aromatic heterocycles. The average molecular weight is 199 g/mol. The van der Waals surface area contributed by atoms with Crippen LogP contribution in [0.5, 0.6) is 0 Å². The van der Waals surface area contributed by atoms with Gasteiger partial charge in [-0.1, -0.05) is 37.1 Å². The first-order valence-corrected chi connectivity index (χ1v) is 5.94. The molecule has 78 valence electrons. The van der Waals surface area contributed by atoms with Crippen molar-refractivity contribution < 1.29 is 0 Å². The topological polar surface area (TPSA) is 12.4 Å². The summed E-state index contributed by atoms with van der Waals surface area (Å²) < 4.78 is 0. The largest absolute Gasteiger partial charge is 0.286 e. The maximum atomic E-state index is 4.80. The first-order chi connectivity index (χ1) is 7.30. The van der Waals surface area contributed by atoms with Crippen LogP contribution in [0.1, 0.15) is 49.7 Å². The Hall–Kier alpha value is -1.11. The van der Waals surface area contributed by atoms with Crippen LogP contribution in [0.4, 0.5) is 0 Å². The van der Waals surface area contributed by atoms with Gasteiger partial charge in [0.15, 0.2) is 0 Å². The Kier molecular flexibility index (Phi) is 1.95. The van der Waals surface area contributed by atoms with Crippen LogP contribution in [-0.2, 0) is 0 Å². The summed E-state index contributed by atoms with van der Waals surface area (Å²) in [6.07, 6.45) is 7.35. The van der Waals surface area contributed by atoms with Crippen LogP contribution in [0.25, 0.3) is 0 Å². The van der Waals surface area contributed by atoms with Gasteiger partial charge < -0.3 is 0 Å². The van der Waals surface area contributed by atoms with Gasteiger partial charge in [-0.15, -0.1) is 0 Å². The number of hydrogen-bond donors (Lipinski definition) is 0. The highest BCUT2D eigenvalue weighted by atomic mass is 14.9. The molecule has 1 nitrogen and oxygen atoms in total. The third-order valence-electron chi connectivity index (χ3n) is 4.05. The fourth-order valence-corrected chi connectivity index (χ4v) is 3.12. The van der Waals surface area contributed by atoms with Crippen molar-refractivity contribution >= 4 is 6.21 Å². The van der Waals surface area contributed by atoms with Gasteiger partial charge in [0.25, 0.3) is 0 Å². The van der Waals surface area contributed by atoms with E-state index in [1.807, 2.05) is 0 Å². The van der Waals surface area contributed by atoms with E-state index in [2.05, 4.69) is 37.4 Å². The van der Waals surface area contributed by atoms with Gasteiger partial charge in [-0.3, -0.25) is 4.99 Å². The molecule has 1 heterocycles. The number of hydrogen-bond acceptors (Lipinski definition) is 1. The Labute approximate surface area is 91.2 Å². The highest BCUT2D eigenvalue weighted by Gasteiger charge is 2.39. The standard InChI is InChI=1S/C14H17N/c1-14-9-5-4-8-13(14)12-7-3-2-6-11(12)10-15-14/h2-3,6-7,10,13H,4-5,8-9H2,1H3. The first-order valence-electron chi connectivity index (χ1n) is 5.94. The number of aliphatic imine (C=N–C) groups is 1. The quantitative estimate of drug-likeness (QED) is 0.606. The lowest BCUT2D eigenvalue weighted by Gasteiger charge is -2.41. The van der Waals surface area contributed by atoms with Crippen LogP contribution in [0, 0.1) is 0 Å². The molecule has 0 N–H and O–H groups in total. The van der Waals surface area contributed by atoms with Gasteiger partial charge in [0, 0.05) is 12.1 Å². The monoisotopic (exact) mass is 199 g/mol. The average Bonchev–Trinajstić information content (AvgIpc) is 2.28. The molecule has 0 bridgehead atoms. The molecule has 3 rings (SSSR count). The Bertz CT molecular complexity index is 408. The van der Waals surface area contributed by atoms with E-state index in [-0.39, 0.29) is 5.54 Å². The van der Waals surface area contributed by atoms with E-state index in [0.717, 1.165) is 0 Å². The van der Waals surface area contributed by atoms with Gasteiger partial charge in [-0.25, -0.2) is 0 Å². The third-order valence-corrected chi connectivity index (χ3v) is 4.05. The summed E-state index contributed by atoms with van der Waals surface area (Å²) >= 11 is 0. The summed E-state index contributed by atoms with van der Waals surface area (Å²) in [6.45, 7) is 2.32. The van der Waals surface area contributed by atoms with Gasteiger partial charge in [-0.2, -0.15) is 0 Å². The molecule has 1 aromatic carbocycles. The molecule has 1 aromatic rings. The molecular formula is C14H17N. The Balaban J connectivity index is 2.11. The maximum absolute atomic E-state index is 4.80. The van der Waals surface area contributed by atoms with Gasteiger partial charge in [0.05, 0.1) is 5.54 Å². The molecule has 2 atom stereocenters. The van der Waals surface area contributed by atoms with Crippen LogP contribution in [-0.4, -0.2) is 11.8 Å². The van der Waals surface area contributed by atoms with Crippen molar-refractivity contribution in [3.8, 4) is 0 Å². The minimum atomic E-state index is 0.187. The summed E-state index contributed by atoms with van der Waals surface area (Å²) in [5.41, 5.74) is 3.05. The van der Waals surface area contributed by atoms with Gasteiger partial charge in [-0.05, 0) is 30.9 Å². The van der Waals surface area contributed by atoms with Crippen molar-refractivity contribution in [2.45, 2.75) is 44.1 Å². The second-order valence-electron chi connectivity index (χ2n) is 5.04. The fourth-order valence-electron chi connectivity index (χ4n) is 3.12. The predicted molar refractivity (Wildman–Crippen MR) is 63.7 cm³/mol. The molecule has 15 heavy (non-hydrogen) atoms. The molecule has 0 amide bonds. The molecular weight excluding hydrogens is 182 g/mol. The van der Waals surface area contributed by atoms with E-state index < -0.39 is 0 Å². The van der Waals surface area contributed by atoms with Crippen molar-refractivity contribution in [3.63, 3.8) is 0 Å². The van der Waals surface area contributed by atoms with Crippen LogP contribution in [0.15, 0.2) is 29.3 Å². The van der Waals surface area contributed by atoms with Crippen molar-refractivity contribution in [1.29, 1.82) is 0 Å². The Morgan fingerprint density at radius 3 is 3.07 bits per heavy atom. The lowest BCUT2D eigenvalue weighted by atomic mass is 9.69. The summed E-state index contributed by atoms with van der Waals surface area (Å²) in [4.78, 5) is 4.80. The maximum Gasteiger partial charge on any atom is 0.0648 e. The molecule has 2 unspecified atom stereocenters. The molecule has 1 saturated carbocycles. The highest BCUT2D eigenvalue weighted by Crippen LogP contribution is 2.45.